The fourth-order valence-corrected chi connectivity index (χ4v) is 1.26. The summed E-state index contributed by atoms with van der Waals surface area (Å²) in [6, 6.07) is 5.00. The molecule has 84 valence electrons. The minimum Gasteiger partial charge on any atom is -0.490 e. The topological polar surface area (TPSA) is 49.7 Å². The van der Waals surface area contributed by atoms with E-state index in [1.54, 1.807) is 32.0 Å². The van der Waals surface area contributed by atoms with Crippen molar-refractivity contribution in [2.24, 2.45) is 0 Å². The van der Waals surface area contributed by atoms with Gasteiger partial charge < -0.3 is 14.9 Å². The summed E-state index contributed by atoms with van der Waals surface area (Å²) in [4.78, 5) is 0. The quantitative estimate of drug-likeness (QED) is 0.832. The zero-order valence-corrected chi connectivity index (χ0v) is 9.58. The van der Waals surface area contributed by atoms with Crippen LogP contribution >= 0.6 is 11.6 Å². The van der Waals surface area contributed by atoms with Crippen molar-refractivity contribution in [3.05, 3.63) is 28.8 Å². The summed E-state index contributed by atoms with van der Waals surface area (Å²) >= 11 is 5.77. The van der Waals surface area contributed by atoms with E-state index in [1.807, 2.05) is 0 Å². The molecule has 2 N–H and O–H groups in total. The van der Waals surface area contributed by atoms with E-state index < -0.39 is 5.60 Å². The Morgan fingerprint density at radius 3 is 2.60 bits per heavy atom. The third kappa shape index (κ3) is 4.08. The number of rotatable bonds is 4. The lowest BCUT2D eigenvalue weighted by Gasteiger charge is -2.19. The summed E-state index contributed by atoms with van der Waals surface area (Å²) in [6.07, 6.45) is 0. The van der Waals surface area contributed by atoms with Crippen molar-refractivity contribution >= 4 is 11.6 Å². The monoisotopic (exact) mass is 230 g/mol. The third-order valence-electron chi connectivity index (χ3n) is 1.77. The highest BCUT2D eigenvalue weighted by Crippen LogP contribution is 2.23. The van der Waals surface area contributed by atoms with E-state index in [4.69, 9.17) is 21.4 Å². The maximum atomic E-state index is 9.48. The Hall–Kier alpha value is -0.770. The van der Waals surface area contributed by atoms with Gasteiger partial charge in [0.25, 0.3) is 0 Å². The normalized spacial score (nSPS) is 11.5. The van der Waals surface area contributed by atoms with Gasteiger partial charge in [-0.15, -0.1) is 0 Å². The second kappa shape index (κ2) is 4.84. The SMILES string of the molecule is CC(C)(O)COc1ccc(Cl)cc1CO. The summed E-state index contributed by atoms with van der Waals surface area (Å²) in [5.74, 6) is 0.545. The molecule has 0 heterocycles. The van der Waals surface area contributed by atoms with E-state index >= 15 is 0 Å². The van der Waals surface area contributed by atoms with Crippen molar-refractivity contribution in [3.63, 3.8) is 0 Å². The Kier molecular flexibility index (Phi) is 3.97. The molecule has 0 saturated heterocycles. The molecule has 0 aliphatic carbocycles. The van der Waals surface area contributed by atoms with Gasteiger partial charge in [-0.3, -0.25) is 0 Å². The molecule has 1 aromatic rings. The van der Waals surface area contributed by atoms with Gasteiger partial charge >= 0.3 is 0 Å². The Morgan fingerprint density at radius 1 is 1.40 bits per heavy atom. The lowest BCUT2D eigenvalue weighted by Crippen LogP contribution is -2.28. The van der Waals surface area contributed by atoms with E-state index in [9.17, 15) is 5.11 Å². The molecule has 0 radical (unpaired) electrons. The van der Waals surface area contributed by atoms with Crippen LogP contribution in [0.1, 0.15) is 19.4 Å². The summed E-state index contributed by atoms with van der Waals surface area (Å²) in [5, 5.41) is 19.1. The molecule has 0 bridgehead atoms. The van der Waals surface area contributed by atoms with Gasteiger partial charge in [0.1, 0.15) is 12.4 Å². The molecule has 0 spiro atoms. The molecule has 3 nitrogen and oxygen atoms in total. The first-order valence-corrected chi connectivity index (χ1v) is 5.04. The first-order valence-electron chi connectivity index (χ1n) is 4.67. The summed E-state index contributed by atoms with van der Waals surface area (Å²) in [7, 11) is 0. The van der Waals surface area contributed by atoms with Gasteiger partial charge in [-0.05, 0) is 32.0 Å². The van der Waals surface area contributed by atoms with Crippen LogP contribution < -0.4 is 4.74 Å². The maximum Gasteiger partial charge on any atom is 0.125 e. The predicted octanol–water partition coefficient (Wildman–Crippen LogP) is 1.98. The zero-order valence-electron chi connectivity index (χ0n) is 8.83. The zero-order chi connectivity index (χ0) is 11.5. The van der Waals surface area contributed by atoms with Crippen molar-refractivity contribution in [3.8, 4) is 5.75 Å². The summed E-state index contributed by atoms with van der Waals surface area (Å²) in [6.45, 7) is 3.34. The first kappa shape index (κ1) is 12.3. The molecule has 0 unspecified atom stereocenters. The van der Waals surface area contributed by atoms with Crippen LogP contribution in [0.3, 0.4) is 0 Å². The lowest BCUT2D eigenvalue weighted by atomic mass is 10.1. The van der Waals surface area contributed by atoms with Crippen molar-refractivity contribution in [1.29, 1.82) is 0 Å². The molecular weight excluding hydrogens is 216 g/mol. The van der Waals surface area contributed by atoms with Gasteiger partial charge in [-0.2, -0.15) is 0 Å². The molecule has 0 aliphatic heterocycles. The van der Waals surface area contributed by atoms with Crippen molar-refractivity contribution in [2.75, 3.05) is 6.61 Å². The highest BCUT2D eigenvalue weighted by atomic mass is 35.5. The van der Waals surface area contributed by atoms with E-state index in [0.717, 1.165) is 0 Å². The summed E-state index contributed by atoms with van der Waals surface area (Å²) in [5.41, 5.74) is -0.279. The number of hydrogen-bond donors (Lipinski definition) is 2. The van der Waals surface area contributed by atoms with Crippen molar-refractivity contribution in [2.45, 2.75) is 26.1 Å². The van der Waals surface area contributed by atoms with Crippen molar-refractivity contribution < 1.29 is 14.9 Å². The van der Waals surface area contributed by atoms with E-state index in [2.05, 4.69) is 0 Å². The lowest BCUT2D eigenvalue weighted by molar-refractivity contribution is 0.0277. The van der Waals surface area contributed by atoms with Crippen LogP contribution in [0.15, 0.2) is 18.2 Å². The maximum absolute atomic E-state index is 9.48. The first-order chi connectivity index (χ1) is 6.92. The molecule has 1 aromatic carbocycles. The molecule has 0 aliphatic rings. The third-order valence-corrected chi connectivity index (χ3v) is 2.01. The Bertz CT molecular complexity index is 331. The van der Waals surface area contributed by atoms with E-state index in [0.29, 0.717) is 16.3 Å². The van der Waals surface area contributed by atoms with Crippen LogP contribution in [0.5, 0.6) is 5.75 Å². The molecule has 0 atom stereocenters. The Labute approximate surface area is 94.3 Å². The van der Waals surface area contributed by atoms with Gasteiger partial charge in [-0.1, -0.05) is 11.6 Å². The minimum absolute atomic E-state index is 0.137. The Balaban J connectivity index is 2.76. The summed E-state index contributed by atoms with van der Waals surface area (Å²) < 4.78 is 5.38. The van der Waals surface area contributed by atoms with Crippen LogP contribution in [0.25, 0.3) is 0 Å². The fourth-order valence-electron chi connectivity index (χ4n) is 1.07. The van der Waals surface area contributed by atoms with Crippen LogP contribution in [0.4, 0.5) is 0 Å². The standard InChI is InChI=1S/C11H15ClO3/c1-11(2,14)7-15-10-4-3-9(12)5-8(10)6-13/h3-5,13-14H,6-7H2,1-2H3. The number of hydrogen-bond acceptors (Lipinski definition) is 3. The smallest absolute Gasteiger partial charge is 0.125 e. The van der Waals surface area contributed by atoms with Crippen LogP contribution in [-0.2, 0) is 6.61 Å². The molecule has 0 aromatic heterocycles. The van der Waals surface area contributed by atoms with Gasteiger partial charge in [-0.25, -0.2) is 0 Å². The van der Waals surface area contributed by atoms with Crippen molar-refractivity contribution in [1.82, 2.24) is 0 Å². The number of ether oxygens (including phenoxy) is 1. The van der Waals surface area contributed by atoms with Gasteiger partial charge in [0.15, 0.2) is 0 Å². The Morgan fingerprint density at radius 2 is 2.07 bits per heavy atom. The number of aliphatic hydroxyl groups is 2. The number of aliphatic hydroxyl groups excluding tert-OH is 1. The number of halogens is 1. The average molecular weight is 231 g/mol. The molecule has 4 heteroatoms. The molecule has 1 rings (SSSR count). The van der Waals surface area contributed by atoms with E-state index in [1.165, 1.54) is 0 Å². The molecule has 0 saturated carbocycles. The average Bonchev–Trinajstić information content (AvgIpc) is 2.14. The number of benzene rings is 1. The molecule has 0 fully saturated rings. The largest absolute Gasteiger partial charge is 0.490 e. The second-order valence-corrected chi connectivity index (χ2v) is 4.45. The molecule has 0 amide bonds. The van der Waals surface area contributed by atoms with Crippen LogP contribution in [-0.4, -0.2) is 22.4 Å². The van der Waals surface area contributed by atoms with Gasteiger partial charge in [0.05, 0.1) is 12.2 Å². The highest BCUT2D eigenvalue weighted by molar-refractivity contribution is 6.30. The predicted molar refractivity (Wildman–Crippen MR) is 59.2 cm³/mol. The van der Waals surface area contributed by atoms with Gasteiger partial charge in [0, 0.05) is 10.6 Å². The minimum atomic E-state index is -0.896. The highest BCUT2D eigenvalue weighted by Gasteiger charge is 2.14. The second-order valence-electron chi connectivity index (χ2n) is 4.01. The fraction of sp³-hybridized carbons (Fsp3) is 0.455. The molecular formula is C11H15ClO3. The molecule has 15 heavy (non-hydrogen) atoms. The van der Waals surface area contributed by atoms with Crippen LogP contribution in [0.2, 0.25) is 5.02 Å². The van der Waals surface area contributed by atoms with Gasteiger partial charge in [0.2, 0.25) is 0 Å². The van der Waals surface area contributed by atoms with Crippen LogP contribution in [0, 0.1) is 0 Å². The van der Waals surface area contributed by atoms with E-state index in [-0.39, 0.29) is 13.2 Å².